The molecular weight excluding hydrogens is 299 g/mol. The summed E-state index contributed by atoms with van der Waals surface area (Å²) < 4.78 is 22.2. The molecule has 0 aliphatic carbocycles. The Morgan fingerprint density at radius 1 is 1.52 bits per heavy atom. The number of halogens is 1. The van der Waals surface area contributed by atoms with Crippen molar-refractivity contribution in [1.82, 2.24) is 9.59 Å². The number of hydrogen-bond donors (Lipinski definition) is 1. The molecule has 0 amide bonds. The number of rotatable bonds is 7. The molecule has 2 rings (SSSR count). The van der Waals surface area contributed by atoms with E-state index in [1.807, 2.05) is 6.92 Å². The second-order valence-corrected chi connectivity index (χ2v) is 4.89. The fourth-order valence-electron chi connectivity index (χ4n) is 1.58. The molecule has 1 aromatic carbocycles. The van der Waals surface area contributed by atoms with E-state index in [4.69, 9.17) is 4.74 Å². The monoisotopic (exact) mass is 312 g/mol. The average molecular weight is 312 g/mol. The van der Waals surface area contributed by atoms with Gasteiger partial charge in [-0.2, -0.15) is 0 Å². The summed E-state index contributed by atoms with van der Waals surface area (Å²) in [7, 11) is 0. The molecule has 0 unspecified atom stereocenters. The Morgan fingerprint density at radius 3 is 3.05 bits per heavy atom. The molecule has 0 saturated carbocycles. The number of benzene rings is 1. The van der Waals surface area contributed by atoms with Crippen LogP contribution in [0.3, 0.4) is 0 Å². The number of aromatic nitrogens is 2. The normalized spacial score (nSPS) is 10.4. The Labute approximate surface area is 124 Å². The minimum Gasteiger partial charge on any atom is -0.480 e. The molecule has 9 heteroatoms. The smallest absolute Gasteiger partial charge is 0.313 e. The van der Waals surface area contributed by atoms with E-state index in [-0.39, 0.29) is 12.4 Å². The molecule has 7 nitrogen and oxygen atoms in total. The predicted octanol–water partition coefficient (Wildman–Crippen LogP) is 2.99. The van der Waals surface area contributed by atoms with E-state index in [1.165, 1.54) is 17.6 Å². The fourth-order valence-corrected chi connectivity index (χ4v) is 2.17. The van der Waals surface area contributed by atoms with Gasteiger partial charge in [-0.05, 0) is 18.6 Å². The highest BCUT2D eigenvalue weighted by Gasteiger charge is 2.17. The molecule has 2 aromatic rings. The van der Waals surface area contributed by atoms with Gasteiger partial charge in [-0.1, -0.05) is 11.4 Å². The summed E-state index contributed by atoms with van der Waals surface area (Å²) in [6.45, 7) is 2.82. The highest BCUT2D eigenvalue weighted by Crippen LogP contribution is 2.29. The quantitative estimate of drug-likeness (QED) is 0.624. The summed E-state index contributed by atoms with van der Waals surface area (Å²) in [5, 5.41) is 18.7. The van der Waals surface area contributed by atoms with Gasteiger partial charge in [-0.3, -0.25) is 10.1 Å². The van der Waals surface area contributed by atoms with Crippen LogP contribution in [-0.2, 0) is 6.61 Å². The van der Waals surface area contributed by atoms with Gasteiger partial charge in [0.05, 0.1) is 11.0 Å². The molecule has 0 spiro atoms. The summed E-state index contributed by atoms with van der Waals surface area (Å²) in [6, 6.07) is 3.16. The predicted molar refractivity (Wildman–Crippen MR) is 76.1 cm³/mol. The van der Waals surface area contributed by atoms with Crippen LogP contribution in [0.1, 0.15) is 19.0 Å². The molecule has 0 radical (unpaired) electrons. The van der Waals surface area contributed by atoms with E-state index in [0.29, 0.717) is 5.69 Å². The minimum atomic E-state index is -0.687. The van der Waals surface area contributed by atoms with Crippen LogP contribution in [0.15, 0.2) is 18.2 Å². The van der Waals surface area contributed by atoms with Crippen molar-refractivity contribution in [3.63, 3.8) is 0 Å². The first-order valence-electron chi connectivity index (χ1n) is 6.23. The van der Waals surface area contributed by atoms with Crippen LogP contribution in [0.4, 0.5) is 15.1 Å². The van der Waals surface area contributed by atoms with Crippen molar-refractivity contribution in [2.45, 2.75) is 20.0 Å². The average Bonchev–Trinajstić information content (AvgIpc) is 2.91. The van der Waals surface area contributed by atoms with Gasteiger partial charge in [0.1, 0.15) is 23.1 Å². The first-order chi connectivity index (χ1) is 10.1. The van der Waals surface area contributed by atoms with Crippen molar-refractivity contribution in [2.24, 2.45) is 0 Å². The molecule has 1 N–H and O–H groups in total. The van der Waals surface area contributed by atoms with Gasteiger partial charge in [-0.15, -0.1) is 5.10 Å². The zero-order valence-corrected chi connectivity index (χ0v) is 12.0. The molecule has 112 valence electrons. The van der Waals surface area contributed by atoms with Crippen LogP contribution < -0.4 is 10.1 Å². The van der Waals surface area contributed by atoms with Crippen molar-refractivity contribution in [2.75, 3.05) is 11.9 Å². The Kier molecular flexibility index (Phi) is 4.99. The topological polar surface area (TPSA) is 90.2 Å². The van der Waals surface area contributed by atoms with Crippen LogP contribution >= 0.6 is 11.5 Å². The summed E-state index contributed by atoms with van der Waals surface area (Å²) in [4.78, 5) is 10.2. The van der Waals surface area contributed by atoms with Crippen LogP contribution in [0.5, 0.6) is 5.75 Å². The Morgan fingerprint density at radius 2 is 2.33 bits per heavy atom. The minimum absolute atomic E-state index is 0.00385. The second-order valence-electron chi connectivity index (χ2n) is 4.13. The largest absolute Gasteiger partial charge is 0.480 e. The molecule has 0 fully saturated rings. The van der Waals surface area contributed by atoms with E-state index in [1.54, 1.807) is 0 Å². The maximum absolute atomic E-state index is 13.0. The molecule has 0 atom stereocenters. The number of nitrogens with zero attached hydrogens (tertiary/aromatic N) is 3. The maximum Gasteiger partial charge on any atom is 0.313 e. The molecule has 1 aromatic heterocycles. The lowest BCUT2D eigenvalue weighted by Gasteiger charge is -2.07. The number of anilines is 1. The Balaban J connectivity index is 2.10. The number of nitrogens with one attached hydrogen (secondary N) is 1. The number of nitro groups is 1. The van der Waals surface area contributed by atoms with Crippen LogP contribution in [0.25, 0.3) is 0 Å². The maximum atomic E-state index is 13.0. The van der Waals surface area contributed by atoms with Crippen LogP contribution in [0, 0.1) is 15.9 Å². The summed E-state index contributed by atoms with van der Waals surface area (Å²) in [6.07, 6.45) is 0.946. The van der Waals surface area contributed by atoms with E-state index in [0.717, 1.165) is 30.1 Å². The summed E-state index contributed by atoms with van der Waals surface area (Å²) in [5.74, 6) is -0.689. The summed E-state index contributed by atoms with van der Waals surface area (Å²) in [5.41, 5.74) is 0.147. The third-order valence-corrected chi connectivity index (χ3v) is 3.30. The van der Waals surface area contributed by atoms with E-state index >= 15 is 0 Å². The van der Waals surface area contributed by atoms with Crippen molar-refractivity contribution in [3.8, 4) is 5.75 Å². The van der Waals surface area contributed by atoms with E-state index in [9.17, 15) is 14.5 Å². The third kappa shape index (κ3) is 3.85. The van der Waals surface area contributed by atoms with Crippen molar-refractivity contribution < 1.29 is 14.1 Å². The Hall–Kier alpha value is -2.29. The van der Waals surface area contributed by atoms with Gasteiger partial charge >= 0.3 is 5.69 Å². The zero-order valence-electron chi connectivity index (χ0n) is 11.2. The van der Waals surface area contributed by atoms with Crippen molar-refractivity contribution in [3.05, 3.63) is 39.8 Å². The van der Waals surface area contributed by atoms with Gasteiger partial charge in [0.25, 0.3) is 0 Å². The molecule has 0 aliphatic rings. The fraction of sp³-hybridized carbons (Fsp3) is 0.333. The SMILES string of the molecule is CCCNc1snnc1COc1ccc(F)cc1[N+](=O)[O-]. The van der Waals surface area contributed by atoms with E-state index < -0.39 is 16.4 Å². The van der Waals surface area contributed by atoms with Crippen LogP contribution in [-0.4, -0.2) is 21.1 Å². The Bertz CT molecular complexity index is 635. The highest BCUT2D eigenvalue weighted by molar-refractivity contribution is 7.10. The molecule has 0 saturated heterocycles. The van der Waals surface area contributed by atoms with Gasteiger partial charge in [0, 0.05) is 18.1 Å². The van der Waals surface area contributed by atoms with Gasteiger partial charge in [0.15, 0.2) is 5.75 Å². The molecular formula is C12H13FN4O3S. The lowest BCUT2D eigenvalue weighted by molar-refractivity contribution is -0.386. The third-order valence-electron chi connectivity index (χ3n) is 2.57. The number of ether oxygens (including phenoxy) is 1. The standard InChI is InChI=1S/C12H13FN4O3S/c1-2-5-14-12-9(15-16-21-12)7-20-11-4-3-8(13)6-10(11)17(18)19/h3-4,6,14H,2,5,7H2,1H3. The lowest BCUT2D eigenvalue weighted by atomic mass is 10.3. The second kappa shape index (κ2) is 6.93. The highest BCUT2D eigenvalue weighted by atomic mass is 32.1. The summed E-state index contributed by atoms with van der Waals surface area (Å²) >= 11 is 1.19. The lowest BCUT2D eigenvalue weighted by Crippen LogP contribution is -2.04. The first kappa shape index (κ1) is 15.1. The number of hydrogen-bond acceptors (Lipinski definition) is 7. The molecule has 21 heavy (non-hydrogen) atoms. The van der Waals surface area contributed by atoms with Gasteiger partial charge in [-0.25, -0.2) is 4.39 Å². The number of nitro benzene ring substituents is 1. The molecule has 0 bridgehead atoms. The van der Waals surface area contributed by atoms with Gasteiger partial charge < -0.3 is 10.1 Å². The van der Waals surface area contributed by atoms with Crippen LogP contribution in [0.2, 0.25) is 0 Å². The van der Waals surface area contributed by atoms with Crippen molar-refractivity contribution in [1.29, 1.82) is 0 Å². The molecule has 1 heterocycles. The zero-order chi connectivity index (χ0) is 15.2. The first-order valence-corrected chi connectivity index (χ1v) is 7.01. The van der Waals surface area contributed by atoms with E-state index in [2.05, 4.69) is 14.9 Å². The van der Waals surface area contributed by atoms with Gasteiger partial charge in [0.2, 0.25) is 0 Å². The molecule has 0 aliphatic heterocycles. The van der Waals surface area contributed by atoms with Crippen molar-refractivity contribution >= 4 is 22.2 Å².